The summed E-state index contributed by atoms with van der Waals surface area (Å²) in [6.45, 7) is -0.0593. The molecule has 0 saturated heterocycles. The minimum Gasteiger partial charge on any atom is -0.457 e. The van der Waals surface area contributed by atoms with Gasteiger partial charge in [-0.2, -0.15) is 13.2 Å². The second-order valence-electron chi connectivity index (χ2n) is 6.20. The fraction of sp³-hybridized carbons (Fsp3) is 0.0952. The summed E-state index contributed by atoms with van der Waals surface area (Å²) >= 11 is 5.56. The van der Waals surface area contributed by atoms with Gasteiger partial charge in [0.1, 0.15) is 11.5 Å². The average Bonchev–Trinajstić information content (AvgIpc) is 2.70. The van der Waals surface area contributed by atoms with Crippen molar-refractivity contribution in [1.29, 1.82) is 0 Å². The van der Waals surface area contributed by atoms with Crippen LogP contribution in [0, 0.1) is 0 Å². The van der Waals surface area contributed by atoms with Crippen molar-refractivity contribution in [3.05, 3.63) is 82.9 Å². The molecule has 0 atom stereocenters. The SMILES string of the molecule is O=C(Nc1ccc(Oc2ccc(CO)cc2)cc1)Nc1ccc(Cl)c(C(F)(F)F)c1. The van der Waals surface area contributed by atoms with E-state index in [-0.39, 0.29) is 12.3 Å². The zero-order valence-electron chi connectivity index (χ0n) is 15.3. The number of aliphatic hydroxyl groups is 1. The highest BCUT2D eigenvalue weighted by atomic mass is 35.5. The molecule has 9 heteroatoms. The fourth-order valence-electron chi connectivity index (χ4n) is 2.52. The Hall–Kier alpha value is -3.23. The van der Waals surface area contributed by atoms with E-state index in [1.54, 1.807) is 48.5 Å². The maximum absolute atomic E-state index is 12.9. The molecule has 0 heterocycles. The Balaban J connectivity index is 1.60. The van der Waals surface area contributed by atoms with Gasteiger partial charge in [0.15, 0.2) is 0 Å². The molecule has 0 aromatic heterocycles. The molecule has 0 fully saturated rings. The zero-order chi connectivity index (χ0) is 21.7. The van der Waals surface area contributed by atoms with Crippen molar-refractivity contribution in [2.45, 2.75) is 12.8 Å². The Labute approximate surface area is 175 Å². The molecule has 5 nitrogen and oxygen atoms in total. The largest absolute Gasteiger partial charge is 0.457 e. The van der Waals surface area contributed by atoms with Crippen LogP contribution in [0.5, 0.6) is 11.5 Å². The normalized spacial score (nSPS) is 11.1. The molecule has 0 aliphatic heterocycles. The quantitative estimate of drug-likeness (QED) is 0.440. The summed E-state index contributed by atoms with van der Waals surface area (Å²) in [4.78, 5) is 12.1. The number of anilines is 2. The molecular formula is C21H16ClF3N2O3. The summed E-state index contributed by atoms with van der Waals surface area (Å²) in [5.74, 6) is 1.10. The van der Waals surface area contributed by atoms with Crippen molar-refractivity contribution in [3.63, 3.8) is 0 Å². The molecule has 2 amide bonds. The predicted molar refractivity (Wildman–Crippen MR) is 108 cm³/mol. The summed E-state index contributed by atoms with van der Waals surface area (Å²) in [6, 6.07) is 15.7. The first-order valence-electron chi connectivity index (χ1n) is 8.67. The number of rotatable bonds is 5. The van der Waals surface area contributed by atoms with E-state index < -0.39 is 22.8 Å². The third kappa shape index (κ3) is 5.65. The molecule has 156 valence electrons. The topological polar surface area (TPSA) is 70.6 Å². The van der Waals surface area contributed by atoms with Crippen LogP contribution >= 0.6 is 11.6 Å². The van der Waals surface area contributed by atoms with Crippen molar-refractivity contribution in [1.82, 2.24) is 0 Å². The number of hydrogen-bond acceptors (Lipinski definition) is 3. The summed E-state index contributed by atoms with van der Waals surface area (Å²) in [5.41, 5.74) is 0.0995. The highest BCUT2D eigenvalue weighted by Crippen LogP contribution is 2.36. The number of benzene rings is 3. The summed E-state index contributed by atoms with van der Waals surface area (Å²) in [5, 5.41) is 13.4. The molecule has 3 rings (SSSR count). The third-order valence-electron chi connectivity index (χ3n) is 3.98. The number of amides is 2. The van der Waals surface area contributed by atoms with Crippen molar-refractivity contribution in [3.8, 4) is 11.5 Å². The number of halogens is 4. The Bertz CT molecular complexity index is 1020. The van der Waals surface area contributed by atoms with Gasteiger partial charge in [0.2, 0.25) is 0 Å². The van der Waals surface area contributed by atoms with Crippen LogP contribution < -0.4 is 15.4 Å². The molecular weight excluding hydrogens is 421 g/mol. The Morgan fingerprint density at radius 2 is 1.43 bits per heavy atom. The molecule has 0 unspecified atom stereocenters. The number of hydrogen-bond donors (Lipinski definition) is 3. The second-order valence-corrected chi connectivity index (χ2v) is 6.61. The van der Waals surface area contributed by atoms with Crippen molar-refractivity contribution in [2.75, 3.05) is 10.6 Å². The van der Waals surface area contributed by atoms with Crippen LogP contribution in [0.4, 0.5) is 29.3 Å². The Morgan fingerprint density at radius 3 is 2.00 bits per heavy atom. The van der Waals surface area contributed by atoms with Gasteiger partial charge in [-0.05, 0) is 60.2 Å². The lowest BCUT2D eigenvalue weighted by atomic mass is 10.2. The first-order chi connectivity index (χ1) is 14.2. The lowest BCUT2D eigenvalue weighted by molar-refractivity contribution is -0.137. The van der Waals surface area contributed by atoms with Crippen LogP contribution in [0.3, 0.4) is 0 Å². The predicted octanol–water partition coefficient (Wildman–Crippen LogP) is 6.29. The van der Waals surface area contributed by atoms with Gasteiger partial charge in [0.25, 0.3) is 0 Å². The van der Waals surface area contributed by atoms with E-state index in [1.807, 2.05) is 0 Å². The summed E-state index contributed by atoms with van der Waals surface area (Å²) < 4.78 is 44.4. The van der Waals surface area contributed by atoms with E-state index >= 15 is 0 Å². The number of nitrogens with one attached hydrogen (secondary N) is 2. The highest BCUT2D eigenvalue weighted by Gasteiger charge is 2.33. The molecule has 3 aromatic rings. The van der Waals surface area contributed by atoms with E-state index in [9.17, 15) is 18.0 Å². The van der Waals surface area contributed by atoms with Gasteiger partial charge in [-0.3, -0.25) is 0 Å². The lowest BCUT2D eigenvalue weighted by Gasteiger charge is -2.12. The van der Waals surface area contributed by atoms with Crippen LogP contribution in [0.2, 0.25) is 5.02 Å². The van der Waals surface area contributed by atoms with Gasteiger partial charge >= 0.3 is 12.2 Å². The fourth-order valence-corrected chi connectivity index (χ4v) is 2.74. The number of urea groups is 1. The molecule has 0 aliphatic carbocycles. The van der Waals surface area contributed by atoms with E-state index in [1.165, 1.54) is 6.07 Å². The third-order valence-corrected chi connectivity index (χ3v) is 4.31. The van der Waals surface area contributed by atoms with Gasteiger partial charge in [-0.25, -0.2) is 4.79 Å². The molecule has 3 aromatic carbocycles. The molecule has 0 spiro atoms. The van der Waals surface area contributed by atoms with Gasteiger partial charge in [0, 0.05) is 11.4 Å². The molecule has 0 bridgehead atoms. The number of aliphatic hydroxyl groups excluding tert-OH is 1. The van der Waals surface area contributed by atoms with Crippen molar-refractivity contribution >= 4 is 29.0 Å². The number of carbonyl (C=O) groups is 1. The zero-order valence-corrected chi connectivity index (χ0v) is 16.1. The number of alkyl halides is 3. The number of carbonyl (C=O) groups excluding carboxylic acids is 1. The lowest BCUT2D eigenvalue weighted by Crippen LogP contribution is -2.19. The monoisotopic (exact) mass is 436 g/mol. The van der Waals surface area contributed by atoms with E-state index in [0.717, 1.165) is 17.7 Å². The van der Waals surface area contributed by atoms with E-state index in [0.29, 0.717) is 17.2 Å². The van der Waals surface area contributed by atoms with Crippen LogP contribution in [0.25, 0.3) is 0 Å². The standard InChI is InChI=1S/C21H16ClF3N2O3/c22-19-10-5-15(11-18(19)21(23,24)25)27-20(29)26-14-3-8-17(9-4-14)30-16-6-1-13(12-28)2-7-16/h1-11,28H,12H2,(H2,26,27,29). The first kappa shape index (κ1) is 21.5. The summed E-state index contributed by atoms with van der Waals surface area (Å²) in [7, 11) is 0. The van der Waals surface area contributed by atoms with Gasteiger partial charge in [-0.1, -0.05) is 23.7 Å². The Kier molecular flexibility index (Phi) is 6.49. The number of ether oxygens (including phenoxy) is 1. The van der Waals surface area contributed by atoms with Gasteiger partial charge < -0.3 is 20.5 Å². The van der Waals surface area contributed by atoms with Crippen LogP contribution in [0.15, 0.2) is 66.7 Å². The molecule has 0 aliphatic rings. The first-order valence-corrected chi connectivity index (χ1v) is 9.05. The molecule has 0 radical (unpaired) electrons. The maximum Gasteiger partial charge on any atom is 0.417 e. The van der Waals surface area contributed by atoms with Gasteiger partial charge in [0.05, 0.1) is 17.2 Å². The summed E-state index contributed by atoms with van der Waals surface area (Å²) in [6.07, 6.45) is -4.63. The van der Waals surface area contributed by atoms with Crippen molar-refractivity contribution in [2.24, 2.45) is 0 Å². The second kappa shape index (κ2) is 9.06. The van der Waals surface area contributed by atoms with Crippen LogP contribution in [-0.4, -0.2) is 11.1 Å². The van der Waals surface area contributed by atoms with E-state index in [4.69, 9.17) is 21.4 Å². The molecule has 30 heavy (non-hydrogen) atoms. The van der Waals surface area contributed by atoms with E-state index in [2.05, 4.69) is 10.6 Å². The van der Waals surface area contributed by atoms with Crippen LogP contribution in [0.1, 0.15) is 11.1 Å². The van der Waals surface area contributed by atoms with Crippen LogP contribution in [-0.2, 0) is 12.8 Å². The van der Waals surface area contributed by atoms with Gasteiger partial charge in [-0.15, -0.1) is 0 Å². The average molecular weight is 437 g/mol. The van der Waals surface area contributed by atoms with Crippen molar-refractivity contribution < 1.29 is 27.8 Å². The molecule has 0 saturated carbocycles. The smallest absolute Gasteiger partial charge is 0.417 e. The maximum atomic E-state index is 12.9. The highest BCUT2D eigenvalue weighted by molar-refractivity contribution is 6.31. The minimum absolute atomic E-state index is 0.0458. The molecule has 3 N–H and O–H groups in total. The minimum atomic E-state index is -4.63. The Morgan fingerprint density at radius 1 is 0.900 bits per heavy atom.